The van der Waals surface area contributed by atoms with Crippen LogP contribution >= 0.6 is 12.2 Å². The molecule has 7 heteroatoms. The number of hydrazine groups is 1. The number of rotatable bonds is 1. The van der Waals surface area contributed by atoms with Crippen molar-refractivity contribution in [3.63, 3.8) is 0 Å². The van der Waals surface area contributed by atoms with Crippen LogP contribution in [0.5, 0.6) is 0 Å². The van der Waals surface area contributed by atoms with E-state index >= 15 is 0 Å². The van der Waals surface area contributed by atoms with Gasteiger partial charge in [0.15, 0.2) is 5.11 Å². The number of imide groups is 1. The van der Waals surface area contributed by atoms with Crippen LogP contribution in [-0.4, -0.2) is 34.9 Å². The minimum absolute atomic E-state index is 0.122. The van der Waals surface area contributed by atoms with Gasteiger partial charge in [-0.3, -0.25) is 14.5 Å². The largest absolute Gasteiger partial charge is 0.349 e. The van der Waals surface area contributed by atoms with Gasteiger partial charge < -0.3 is 10.7 Å². The van der Waals surface area contributed by atoms with Gasteiger partial charge in [0, 0.05) is 7.05 Å². The van der Waals surface area contributed by atoms with Crippen molar-refractivity contribution in [3.8, 4) is 0 Å². The van der Waals surface area contributed by atoms with Crippen molar-refractivity contribution >= 4 is 29.1 Å². The van der Waals surface area contributed by atoms with Crippen molar-refractivity contribution in [1.29, 1.82) is 0 Å². The van der Waals surface area contributed by atoms with E-state index in [9.17, 15) is 9.59 Å². The molecule has 1 atom stereocenters. The summed E-state index contributed by atoms with van der Waals surface area (Å²) in [6.07, 6.45) is 0.122. The molecule has 1 aliphatic heterocycles. The first kappa shape index (κ1) is 9.87. The van der Waals surface area contributed by atoms with Gasteiger partial charge in [-0.15, -0.1) is 0 Å². The molecule has 4 N–H and O–H groups in total. The molecule has 1 heterocycles. The van der Waals surface area contributed by atoms with Crippen LogP contribution in [0.4, 0.5) is 0 Å². The van der Waals surface area contributed by atoms with Crippen molar-refractivity contribution in [2.24, 2.45) is 5.84 Å². The summed E-state index contributed by atoms with van der Waals surface area (Å²) in [6, 6.07) is -0.582. The first-order valence-electron chi connectivity index (χ1n) is 3.63. The third kappa shape index (κ3) is 1.93. The molecule has 1 fully saturated rings. The lowest BCUT2D eigenvalue weighted by Gasteiger charge is -2.11. The van der Waals surface area contributed by atoms with E-state index in [1.54, 1.807) is 0 Å². The average Bonchev–Trinajstić information content (AvgIpc) is 2.34. The van der Waals surface area contributed by atoms with Gasteiger partial charge in [0.25, 0.3) is 5.91 Å². The molecule has 0 spiro atoms. The number of nitrogens with one attached hydrogen (secondary N) is 2. The maximum absolute atomic E-state index is 11.3. The fourth-order valence-corrected chi connectivity index (χ4v) is 1.21. The van der Waals surface area contributed by atoms with Gasteiger partial charge in [0.1, 0.15) is 6.04 Å². The Morgan fingerprint density at radius 1 is 1.69 bits per heavy atom. The molecule has 0 radical (unpaired) electrons. The zero-order chi connectivity index (χ0) is 10.0. The van der Waals surface area contributed by atoms with Crippen molar-refractivity contribution < 1.29 is 9.59 Å². The van der Waals surface area contributed by atoms with E-state index in [2.05, 4.69) is 10.7 Å². The van der Waals surface area contributed by atoms with Crippen LogP contribution in [0, 0.1) is 0 Å². The van der Waals surface area contributed by atoms with Crippen molar-refractivity contribution in [1.82, 2.24) is 15.6 Å². The number of thiocarbonyl (C=S) groups is 1. The summed E-state index contributed by atoms with van der Waals surface area (Å²) in [6.45, 7) is 0. The van der Waals surface area contributed by atoms with E-state index in [4.69, 9.17) is 18.1 Å². The lowest BCUT2D eigenvalue weighted by molar-refractivity contribution is -0.137. The van der Waals surface area contributed by atoms with E-state index < -0.39 is 6.04 Å². The smallest absolute Gasteiger partial charge is 0.251 e. The first-order valence-corrected chi connectivity index (χ1v) is 4.04. The number of nitrogens with zero attached hydrogens (tertiary/aromatic N) is 1. The standard InChI is InChI=1S/C6H10N4O2S/c1-10-4(11)2-3(5(10)12)8-6(13)9-7/h3H,2,7H2,1H3,(H2,8,9,13). The van der Waals surface area contributed by atoms with Crippen LogP contribution in [-0.2, 0) is 9.59 Å². The van der Waals surface area contributed by atoms with Crippen molar-refractivity contribution in [2.45, 2.75) is 12.5 Å². The Morgan fingerprint density at radius 3 is 2.69 bits per heavy atom. The Hall–Kier alpha value is -1.21. The molecule has 1 unspecified atom stereocenters. The zero-order valence-electron chi connectivity index (χ0n) is 7.03. The quantitative estimate of drug-likeness (QED) is 0.199. The fourth-order valence-electron chi connectivity index (χ4n) is 1.07. The van der Waals surface area contributed by atoms with Gasteiger partial charge in [0.2, 0.25) is 5.91 Å². The van der Waals surface area contributed by atoms with Gasteiger partial charge in [-0.2, -0.15) is 0 Å². The van der Waals surface area contributed by atoms with E-state index in [0.29, 0.717) is 0 Å². The van der Waals surface area contributed by atoms with Crippen LogP contribution in [0.15, 0.2) is 0 Å². The van der Waals surface area contributed by atoms with Gasteiger partial charge in [-0.25, -0.2) is 5.84 Å². The highest BCUT2D eigenvalue weighted by Crippen LogP contribution is 2.09. The number of nitrogens with two attached hydrogens (primary N) is 1. The Bertz CT molecular complexity index is 267. The van der Waals surface area contributed by atoms with E-state index in [0.717, 1.165) is 4.90 Å². The average molecular weight is 202 g/mol. The minimum Gasteiger partial charge on any atom is -0.349 e. The highest BCUT2D eigenvalue weighted by molar-refractivity contribution is 7.80. The second-order valence-electron chi connectivity index (χ2n) is 2.67. The molecule has 0 aromatic carbocycles. The first-order chi connectivity index (χ1) is 6.06. The Morgan fingerprint density at radius 2 is 2.31 bits per heavy atom. The van der Waals surface area contributed by atoms with Crippen LogP contribution in [0.25, 0.3) is 0 Å². The summed E-state index contributed by atoms with van der Waals surface area (Å²) in [5, 5.41) is 2.78. The van der Waals surface area contributed by atoms with Crippen LogP contribution in [0.3, 0.4) is 0 Å². The van der Waals surface area contributed by atoms with Gasteiger partial charge in [0.05, 0.1) is 6.42 Å². The summed E-state index contributed by atoms with van der Waals surface area (Å²) < 4.78 is 0. The molecule has 1 rings (SSSR count). The Labute approximate surface area is 80.4 Å². The molecule has 0 saturated carbocycles. The number of hydrogen-bond acceptors (Lipinski definition) is 4. The van der Waals surface area contributed by atoms with Crippen LogP contribution in [0.1, 0.15) is 6.42 Å². The van der Waals surface area contributed by atoms with Gasteiger partial charge >= 0.3 is 0 Å². The summed E-state index contributed by atoms with van der Waals surface area (Å²) in [7, 11) is 1.44. The molecular weight excluding hydrogens is 192 g/mol. The number of carbonyl (C=O) groups excluding carboxylic acids is 2. The number of hydrogen-bond donors (Lipinski definition) is 3. The molecule has 1 saturated heterocycles. The van der Waals surface area contributed by atoms with Gasteiger partial charge in [-0.1, -0.05) is 0 Å². The topological polar surface area (TPSA) is 87.5 Å². The molecule has 13 heavy (non-hydrogen) atoms. The second-order valence-corrected chi connectivity index (χ2v) is 3.07. The number of amides is 2. The molecule has 2 amide bonds. The highest BCUT2D eigenvalue weighted by atomic mass is 32.1. The molecule has 0 aromatic heterocycles. The molecule has 1 aliphatic rings. The monoisotopic (exact) mass is 202 g/mol. The SMILES string of the molecule is CN1C(=O)CC(NC(=S)NN)C1=O. The summed E-state index contributed by atoms with van der Waals surface area (Å²) >= 11 is 4.69. The van der Waals surface area contributed by atoms with E-state index in [1.165, 1.54) is 7.05 Å². The third-order valence-electron chi connectivity index (χ3n) is 1.82. The van der Waals surface area contributed by atoms with Crippen molar-refractivity contribution in [2.75, 3.05) is 7.05 Å². The third-order valence-corrected chi connectivity index (χ3v) is 2.05. The summed E-state index contributed by atoms with van der Waals surface area (Å²) in [5.74, 6) is 4.49. The molecule has 0 bridgehead atoms. The summed E-state index contributed by atoms with van der Waals surface area (Å²) in [4.78, 5) is 23.4. The van der Waals surface area contributed by atoms with E-state index in [1.807, 2.05) is 0 Å². The molecule has 0 aliphatic carbocycles. The summed E-state index contributed by atoms with van der Waals surface area (Å²) in [5.41, 5.74) is 2.18. The Balaban J connectivity index is 2.59. The number of likely N-dealkylation sites (tertiary alicyclic amines) is 1. The lowest BCUT2D eigenvalue weighted by atomic mass is 10.2. The van der Waals surface area contributed by atoms with Gasteiger partial charge in [-0.05, 0) is 12.2 Å². The number of carbonyl (C=O) groups is 2. The predicted molar refractivity (Wildman–Crippen MR) is 49.2 cm³/mol. The fraction of sp³-hybridized carbons (Fsp3) is 0.500. The maximum Gasteiger partial charge on any atom is 0.251 e. The normalized spacial score (nSPS) is 22.0. The van der Waals surface area contributed by atoms with E-state index in [-0.39, 0.29) is 23.3 Å². The maximum atomic E-state index is 11.3. The molecule has 72 valence electrons. The predicted octanol–water partition coefficient (Wildman–Crippen LogP) is -1.92. The Kier molecular flexibility index (Phi) is 2.79. The van der Waals surface area contributed by atoms with Crippen LogP contribution < -0.4 is 16.6 Å². The number of likely N-dealkylation sites (N-methyl/N-ethyl adjacent to an activating group) is 1. The second kappa shape index (κ2) is 3.67. The van der Waals surface area contributed by atoms with Crippen molar-refractivity contribution in [3.05, 3.63) is 0 Å². The molecule has 0 aromatic rings. The molecular formula is C6H10N4O2S. The molecule has 6 nitrogen and oxygen atoms in total. The van der Waals surface area contributed by atoms with Crippen LogP contribution in [0.2, 0.25) is 0 Å². The highest BCUT2D eigenvalue weighted by Gasteiger charge is 2.36. The lowest BCUT2D eigenvalue weighted by Crippen LogP contribution is -2.47. The zero-order valence-corrected chi connectivity index (χ0v) is 7.85. The minimum atomic E-state index is -0.582.